The second-order valence-corrected chi connectivity index (χ2v) is 4.62. The van der Waals surface area contributed by atoms with Crippen molar-refractivity contribution in [1.29, 1.82) is 0 Å². The number of nitrogens with zero attached hydrogens (tertiary/aromatic N) is 1. The number of thiazole rings is 1. The Morgan fingerprint density at radius 1 is 1.44 bits per heavy atom. The highest BCUT2D eigenvalue weighted by atomic mass is 32.1. The van der Waals surface area contributed by atoms with E-state index in [2.05, 4.69) is 10.3 Å². The van der Waals surface area contributed by atoms with Crippen molar-refractivity contribution in [3.8, 4) is 0 Å². The van der Waals surface area contributed by atoms with Gasteiger partial charge in [-0.15, -0.1) is 11.3 Å². The zero-order valence-electron chi connectivity index (χ0n) is 9.48. The molecule has 1 unspecified atom stereocenters. The van der Waals surface area contributed by atoms with E-state index in [-0.39, 0.29) is 11.6 Å². The number of hydrogen-bond donors (Lipinski definition) is 1. The fourth-order valence-electron chi connectivity index (χ4n) is 1.46. The molecule has 0 fully saturated rings. The molecule has 0 aliphatic carbocycles. The van der Waals surface area contributed by atoms with Crippen LogP contribution in [0.1, 0.15) is 28.3 Å². The van der Waals surface area contributed by atoms with E-state index in [1.54, 1.807) is 18.5 Å². The van der Waals surface area contributed by atoms with Crippen LogP contribution in [0.4, 0.5) is 8.78 Å². The van der Waals surface area contributed by atoms with Gasteiger partial charge in [0.05, 0.1) is 11.6 Å². The Kier molecular flexibility index (Phi) is 3.66. The number of carbonyl (C=O) groups is 1. The molecule has 1 heterocycles. The number of carbonyl (C=O) groups excluding carboxylic acids is 1. The van der Waals surface area contributed by atoms with E-state index in [1.165, 1.54) is 11.3 Å². The number of amides is 1. The van der Waals surface area contributed by atoms with Crippen LogP contribution >= 0.6 is 11.3 Å². The quantitative estimate of drug-likeness (QED) is 0.930. The van der Waals surface area contributed by atoms with Crippen molar-refractivity contribution in [3.05, 3.63) is 52.0 Å². The van der Waals surface area contributed by atoms with Crippen LogP contribution < -0.4 is 5.32 Å². The molecule has 18 heavy (non-hydrogen) atoms. The van der Waals surface area contributed by atoms with Gasteiger partial charge in [-0.1, -0.05) is 0 Å². The Balaban J connectivity index is 2.15. The largest absolute Gasteiger partial charge is 0.343 e. The van der Waals surface area contributed by atoms with Crippen molar-refractivity contribution in [1.82, 2.24) is 10.3 Å². The highest BCUT2D eigenvalue weighted by Crippen LogP contribution is 2.16. The topological polar surface area (TPSA) is 42.0 Å². The van der Waals surface area contributed by atoms with Gasteiger partial charge in [0.15, 0.2) is 0 Å². The van der Waals surface area contributed by atoms with E-state index in [1.807, 2.05) is 0 Å². The molecule has 0 saturated carbocycles. The Bertz CT molecular complexity index is 557. The maximum absolute atomic E-state index is 13.4. The average Bonchev–Trinajstić information content (AvgIpc) is 2.85. The van der Waals surface area contributed by atoms with Gasteiger partial charge in [-0.2, -0.15) is 0 Å². The van der Waals surface area contributed by atoms with E-state index >= 15 is 0 Å². The number of aromatic nitrogens is 1. The third-order valence-electron chi connectivity index (χ3n) is 2.34. The first-order valence-corrected chi connectivity index (χ1v) is 6.11. The van der Waals surface area contributed by atoms with Crippen molar-refractivity contribution in [2.75, 3.05) is 0 Å². The van der Waals surface area contributed by atoms with Gasteiger partial charge in [0.25, 0.3) is 5.91 Å². The van der Waals surface area contributed by atoms with Crippen LogP contribution in [0.5, 0.6) is 0 Å². The Morgan fingerprint density at radius 3 is 2.89 bits per heavy atom. The van der Waals surface area contributed by atoms with Gasteiger partial charge < -0.3 is 5.32 Å². The van der Waals surface area contributed by atoms with Crippen LogP contribution in [0.3, 0.4) is 0 Å². The third kappa shape index (κ3) is 2.70. The number of hydrogen-bond acceptors (Lipinski definition) is 3. The van der Waals surface area contributed by atoms with Crippen LogP contribution in [-0.2, 0) is 0 Å². The van der Waals surface area contributed by atoms with E-state index in [0.717, 1.165) is 18.2 Å². The van der Waals surface area contributed by atoms with Crippen LogP contribution in [0, 0.1) is 11.6 Å². The maximum atomic E-state index is 13.4. The van der Waals surface area contributed by atoms with Crippen LogP contribution in [0.25, 0.3) is 0 Å². The van der Waals surface area contributed by atoms with E-state index in [9.17, 15) is 13.6 Å². The van der Waals surface area contributed by atoms with E-state index in [4.69, 9.17) is 0 Å². The number of rotatable bonds is 3. The monoisotopic (exact) mass is 268 g/mol. The van der Waals surface area contributed by atoms with Gasteiger partial charge in [0.2, 0.25) is 0 Å². The van der Waals surface area contributed by atoms with Gasteiger partial charge in [-0.3, -0.25) is 4.79 Å². The van der Waals surface area contributed by atoms with Crippen molar-refractivity contribution in [3.63, 3.8) is 0 Å². The minimum atomic E-state index is -0.750. The smallest absolute Gasteiger partial charge is 0.254 e. The summed E-state index contributed by atoms with van der Waals surface area (Å²) < 4.78 is 26.3. The second kappa shape index (κ2) is 5.22. The zero-order valence-corrected chi connectivity index (χ0v) is 10.3. The molecular weight excluding hydrogens is 258 g/mol. The predicted molar refractivity (Wildman–Crippen MR) is 64.4 cm³/mol. The number of benzene rings is 1. The minimum Gasteiger partial charge on any atom is -0.343 e. The lowest BCUT2D eigenvalue weighted by atomic mass is 10.2. The Morgan fingerprint density at radius 2 is 2.22 bits per heavy atom. The molecule has 6 heteroatoms. The van der Waals surface area contributed by atoms with Gasteiger partial charge in [0, 0.05) is 11.6 Å². The van der Waals surface area contributed by atoms with Crippen LogP contribution in [0.15, 0.2) is 29.8 Å². The molecule has 1 atom stereocenters. The molecule has 0 radical (unpaired) electrons. The first kappa shape index (κ1) is 12.6. The lowest BCUT2D eigenvalue weighted by Gasteiger charge is -2.11. The van der Waals surface area contributed by atoms with Crippen molar-refractivity contribution < 1.29 is 13.6 Å². The Labute approximate surface area is 106 Å². The first-order valence-electron chi connectivity index (χ1n) is 5.23. The highest BCUT2D eigenvalue weighted by Gasteiger charge is 2.16. The van der Waals surface area contributed by atoms with Crippen molar-refractivity contribution in [2.45, 2.75) is 13.0 Å². The summed E-state index contributed by atoms with van der Waals surface area (Å²) in [6.45, 7) is 1.73. The molecule has 1 amide bonds. The molecular formula is C12H10F2N2OS. The fraction of sp³-hybridized carbons (Fsp3) is 0.167. The lowest BCUT2D eigenvalue weighted by molar-refractivity contribution is 0.0935. The summed E-state index contributed by atoms with van der Waals surface area (Å²) in [6, 6.07) is 2.42. The van der Waals surface area contributed by atoms with Gasteiger partial charge in [0.1, 0.15) is 16.6 Å². The molecule has 0 spiro atoms. The van der Waals surface area contributed by atoms with E-state index < -0.39 is 17.5 Å². The molecule has 2 aromatic rings. The molecule has 1 aromatic carbocycles. The molecule has 0 bridgehead atoms. The highest BCUT2D eigenvalue weighted by molar-refractivity contribution is 7.09. The maximum Gasteiger partial charge on any atom is 0.254 e. The SMILES string of the molecule is CC(NC(=O)c1cc(F)ccc1F)c1nccs1. The molecule has 0 aliphatic rings. The number of nitrogens with one attached hydrogen (secondary N) is 1. The summed E-state index contributed by atoms with van der Waals surface area (Å²) in [7, 11) is 0. The number of halogens is 2. The summed E-state index contributed by atoms with van der Waals surface area (Å²) >= 11 is 1.38. The summed E-state index contributed by atoms with van der Waals surface area (Å²) in [5, 5.41) is 5.06. The fourth-order valence-corrected chi connectivity index (χ4v) is 2.10. The van der Waals surface area contributed by atoms with Crippen molar-refractivity contribution in [2.24, 2.45) is 0 Å². The van der Waals surface area contributed by atoms with Crippen molar-refractivity contribution >= 4 is 17.2 Å². The lowest BCUT2D eigenvalue weighted by Crippen LogP contribution is -2.27. The summed E-state index contributed by atoms with van der Waals surface area (Å²) in [5.41, 5.74) is -0.307. The molecule has 1 aromatic heterocycles. The van der Waals surface area contributed by atoms with Gasteiger partial charge >= 0.3 is 0 Å². The first-order chi connectivity index (χ1) is 8.58. The molecule has 94 valence electrons. The summed E-state index contributed by atoms with van der Waals surface area (Å²) in [6.07, 6.45) is 1.62. The minimum absolute atomic E-state index is 0.307. The average molecular weight is 268 g/mol. The summed E-state index contributed by atoms with van der Waals surface area (Å²) in [4.78, 5) is 15.8. The third-order valence-corrected chi connectivity index (χ3v) is 3.30. The molecule has 0 aliphatic heterocycles. The molecule has 1 N–H and O–H groups in total. The van der Waals surface area contributed by atoms with Crippen LogP contribution in [0.2, 0.25) is 0 Å². The van der Waals surface area contributed by atoms with Gasteiger partial charge in [-0.25, -0.2) is 13.8 Å². The zero-order chi connectivity index (χ0) is 13.1. The molecule has 3 nitrogen and oxygen atoms in total. The van der Waals surface area contributed by atoms with Crippen LogP contribution in [-0.4, -0.2) is 10.9 Å². The normalized spacial score (nSPS) is 12.2. The Hall–Kier alpha value is -1.82. The molecule has 2 rings (SSSR count). The molecule has 0 saturated heterocycles. The predicted octanol–water partition coefficient (Wildman–Crippen LogP) is 2.91. The summed E-state index contributed by atoms with van der Waals surface area (Å²) in [5.74, 6) is -2.06. The second-order valence-electron chi connectivity index (χ2n) is 3.69. The van der Waals surface area contributed by atoms with Gasteiger partial charge in [-0.05, 0) is 25.1 Å². The van der Waals surface area contributed by atoms with E-state index in [0.29, 0.717) is 5.01 Å². The standard InChI is InChI=1S/C12H10F2N2OS/c1-7(12-15-4-5-18-12)16-11(17)9-6-8(13)2-3-10(9)14/h2-7H,1H3,(H,16,17).